The van der Waals surface area contributed by atoms with Crippen molar-refractivity contribution < 1.29 is 14.3 Å². The van der Waals surface area contributed by atoms with E-state index in [2.05, 4.69) is 9.88 Å². The Morgan fingerprint density at radius 2 is 2.29 bits per heavy atom. The zero-order valence-electron chi connectivity index (χ0n) is 12.5. The molecule has 2 atom stereocenters. The summed E-state index contributed by atoms with van der Waals surface area (Å²) in [6, 6.07) is 4.05. The highest BCUT2D eigenvalue weighted by molar-refractivity contribution is 5.79. The van der Waals surface area contributed by atoms with Gasteiger partial charge in [-0.1, -0.05) is 6.07 Å². The summed E-state index contributed by atoms with van der Waals surface area (Å²) in [4.78, 5) is 20.7. The number of nitrogens with zero attached hydrogens (tertiary/aromatic N) is 3. The molecule has 6 heteroatoms. The van der Waals surface area contributed by atoms with Gasteiger partial charge in [0.15, 0.2) is 0 Å². The van der Waals surface area contributed by atoms with Crippen LogP contribution >= 0.6 is 0 Å². The average Bonchev–Trinajstić information content (AvgIpc) is 2.66. The molecule has 114 valence electrons. The molecule has 0 N–H and O–H groups in total. The Kier molecular flexibility index (Phi) is 4.07. The zero-order chi connectivity index (χ0) is 14.8. The number of amides is 1. The fraction of sp³-hybridized carbons (Fsp3) is 0.600. The molecule has 1 aromatic heterocycles. The van der Waals surface area contributed by atoms with E-state index in [9.17, 15) is 4.79 Å². The predicted octanol–water partition coefficient (Wildman–Crippen LogP) is 0.379. The van der Waals surface area contributed by atoms with Gasteiger partial charge in [-0.15, -0.1) is 0 Å². The summed E-state index contributed by atoms with van der Waals surface area (Å²) >= 11 is 0. The highest BCUT2D eigenvalue weighted by atomic mass is 16.5. The minimum absolute atomic E-state index is 0.0785. The van der Waals surface area contributed by atoms with Crippen LogP contribution in [0.5, 0.6) is 5.88 Å². The van der Waals surface area contributed by atoms with Crippen molar-refractivity contribution in [1.29, 1.82) is 0 Å². The van der Waals surface area contributed by atoms with Gasteiger partial charge in [0, 0.05) is 38.4 Å². The Morgan fingerprint density at radius 1 is 1.43 bits per heavy atom. The Labute approximate surface area is 124 Å². The third-order valence-electron chi connectivity index (χ3n) is 4.26. The summed E-state index contributed by atoms with van der Waals surface area (Å²) in [5.41, 5.74) is 1.05. The third kappa shape index (κ3) is 2.87. The van der Waals surface area contributed by atoms with Crippen molar-refractivity contribution in [2.45, 2.75) is 12.6 Å². The van der Waals surface area contributed by atoms with E-state index < -0.39 is 0 Å². The monoisotopic (exact) mass is 291 g/mol. The number of hydrogen-bond donors (Lipinski definition) is 0. The van der Waals surface area contributed by atoms with Gasteiger partial charge < -0.3 is 14.4 Å². The van der Waals surface area contributed by atoms with Crippen molar-refractivity contribution >= 4 is 5.91 Å². The molecule has 0 unspecified atom stereocenters. The van der Waals surface area contributed by atoms with Gasteiger partial charge in [-0.25, -0.2) is 4.98 Å². The second kappa shape index (κ2) is 5.99. The molecule has 2 fully saturated rings. The molecule has 1 aromatic rings. The van der Waals surface area contributed by atoms with E-state index >= 15 is 0 Å². The van der Waals surface area contributed by atoms with Crippen LogP contribution in [0.3, 0.4) is 0 Å². The maximum absolute atomic E-state index is 12.3. The normalized spacial score (nSPS) is 26.6. The van der Waals surface area contributed by atoms with E-state index in [1.807, 2.05) is 24.1 Å². The first-order valence-corrected chi connectivity index (χ1v) is 7.23. The van der Waals surface area contributed by atoms with Gasteiger partial charge in [-0.2, -0.15) is 0 Å². The number of pyridine rings is 1. The number of rotatable bonds is 3. The lowest BCUT2D eigenvalue weighted by Gasteiger charge is -2.29. The van der Waals surface area contributed by atoms with Gasteiger partial charge in [-0.3, -0.25) is 9.69 Å². The van der Waals surface area contributed by atoms with Crippen LogP contribution in [-0.4, -0.2) is 67.2 Å². The van der Waals surface area contributed by atoms with Crippen LogP contribution in [0, 0.1) is 5.92 Å². The topological polar surface area (TPSA) is 54.9 Å². The average molecular weight is 291 g/mol. The van der Waals surface area contributed by atoms with E-state index in [0.29, 0.717) is 19.1 Å². The lowest BCUT2D eigenvalue weighted by atomic mass is 10.1. The number of hydrogen-bond acceptors (Lipinski definition) is 5. The third-order valence-corrected chi connectivity index (χ3v) is 4.26. The van der Waals surface area contributed by atoms with Crippen molar-refractivity contribution in [2.24, 2.45) is 5.92 Å². The van der Waals surface area contributed by atoms with Crippen LogP contribution in [0.15, 0.2) is 18.3 Å². The van der Waals surface area contributed by atoms with Gasteiger partial charge in [0.05, 0.1) is 32.3 Å². The number of ether oxygens (including phenoxy) is 2. The van der Waals surface area contributed by atoms with Crippen LogP contribution in [0.2, 0.25) is 0 Å². The minimum Gasteiger partial charge on any atom is -0.481 e. The molecule has 21 heavy (non-hydrogen) atoms. The Morgan fingerprint density at radius 3 is 3.10 bits per heavy atom. The number of methoxy groups -OCH3 is 1. The smallest absolute Gasteiger partial charge is 0.229 e. The number of carbonyl (C=O) groups is 1. The highest BCUT2D eigenvalue weighted by Crippen LogP contribution is 2.23. The SMILES string of the molecule is COc1ncccc1CN1C[C@@H]2COC[C@H](C1)N(C)C2=O. The Hall–Kier alpha value is -1.66. The van der Waals surface area contributed by atoms with Gasteiger partial charge >= 0.3 is 0 Å². The van der Waals surface area contributed by atoms with Gasteiger partial charge in [0.2, 0.25) is 11.8 Å². The standard InChI is InChI=1S/C15H21N3O3/c1-17-13-8-18(7-12(15(17)19)9-21-10-13)6-11-4-3-5-16-14(11)20-2/h3-5,12-13H,6-10H2,1-2H3/t12-,13+/m1/s1. The molecule has 0 radical (unpaired) electrons. The van der Waals surface area contributed by atoms with Gasteiger partial charge in [-0.05, 0) is 6.07 Å². The molecule has 1 amide bonds. The molecule has 2 saturated heterocycles. The fourth-order valence-corrected chi connectivity index (χ4v) is 3.09. The zero-order valence-corrected chi connectivity index (χ0v) is 12.5. The Bertz CT molecular complexity index is 523. The lowest BCUT2D eigenvalue weighted by molar-refractivity contribution is -0.133. The van der Waals surface area contributed by atoms with E-state index in [1.54, 1.807) is 13.3 Å². The highest BCUT2D eigenvalue weighted by Gasteiger charge is 2.37. The van der Waals surface area contributed by atoms with E-state index in [1.165, 1.54) is 0 Å². The molecule has 3 heterocycles. The van der Waals surface area contributed by atoms with E-state index in [0.717, 1.165) is 25.2 Å². The summed E-state index contributed by atoms with van der Waals surface area (Å²) in [7, 11) is 3.51. The Balaban J connectivity index is 1.79. The quantitative estimate of drug-likeness (QED) is 0.806. The predicted molar refractivity (Wildman–Crippen MR) is 76.9 cm³/mol. The van der Waals surface area contributed by atoms with Crippen molar-refractivity contribution in [3.63, 3.8) is 0 Å². The summed E-state index contributed by atoms with van der Waals surface area (Å²) < 4.78 is 10.9. The van der Waals surface area contributed by atoms with Crippen molar-refractivity contribution in [3.05, 3.63) is 23.9 Å². The number of likely N-dealkylation sites (N-methyl/N-ethyl adjacent to an activating group) is 1. The summed E-state index contributed by atoms with van der Waals surface area (Å²) in [6.45, 7) is 3.40. The van der Waals surface area contributed by atoms with E-state index in [4.69, 9.17) is 9.47 Å². The molecule has 2 bridgehead atoms. The van der Waals surface area contributed by atoms with Crippen LogP contribution in [0.4, 0.5) is 0 Å². The molecular weight excluding hydrogens is 270 g/mol. The lowest BCUT2D eigenvalue weighted by Crippen LogP contribution is -2.42. The van der Waals surface area contributed by atoms with Crippen LogP contribution in [0.1, 0.15) is 5.56 Å². The van der Waals surface area contributed by atoms with Crippen LogP contribution in [-0.2, 0) is 16.1 Å². The second-order valence-corrected chi connectivity index (χ2v) is 5.70. The van der Waals surface area contributed by atoms with Gasteiger partial charge in [0.25, 0.3) is 0 Å². The maximum Gasteiger partial charge on any atom is 0.229 e. The molecule has 2 aliphatic heterocycles. The maximum atomic E-state index is 12.3. The first kappa shape index (κ1) is 14.3. The second-order valence-electron chi connectivity index (χ2n) is 5.70. The number of carbonyl (C=O) groups excluding carboxylic acids is 1. The summed E-state index contributed by atoms with van der Waals surface area (Å²) in [6.07, 6.45) is 1.73. The molecule has 0 spiro atoms. The van der Waals surface area contributed by atoms with Crippen LogP contribution in [0.25, 0.3) is 0 Å². The fourth-order valence-electron chi connectivity index (χ4n) is 3.09. The number of aromatic nitrogens is 1. The summed E-state index contributed by atoms with van der Waals surface area (Å²) in [5.74, 6) is 0.770. The molecule has 6 nitrogen and oxygen atoms in total. The van der Waals surface area contributed by atoms with Crippen molar-refractivity contribution in [1.82, 2.24) is 14.8 Å². The molecular formula is C15H21N3O3. The van der Waals surface area contributed by atoms with Gasteiger partial charge in [0.1, 0.15) is 0 Å². The van der Waals surface area contributed by atoms with Crippen molar-refractivity contribution in [3.8, 4) is 5.88 Å². The molecule has 2 aliphatic rings. The van der Waals surface area contributed by atoms with Crippen molar-refractivity contribution in [2.75, 3.05) is 40.5 Å². The molecule has 0 aliphatic carbocycles. The molecule has 0 saturated carbocycles. The first-order valence-electron chi connectivity index (χ1n) is 7.23. The number of fused-ring (bicyclic) bond motifs is 3. The van der Waals surface area contributed by atoms with E-state index in [-0.39, 0.29) is 17.9 Å². The summed E-state index contributed by atoms with van der Waals surface area (Å²) in [5, 5.41) is 0. The minimum atomic E-state index is -0.0785. The molecule has 3 rings (SSSR count). The largest absolute Gasteiger partial charge is 0.481 e. The van der Waals surface area contributed by atoms with Crippen LogP contribution < -0.4 is 4.74 Å². The molecule has 0 aromatic carbocycles. The first-order chi connectivity index (χ1) is 10.2.